The number of nitrogens with two attached hydrogens (primary N) is 1. The minimum absolute atomic E-state index is 0.172. The van der Waals surface area contributed by atoms with Crippen molar-refractivity contribution in [1.29, 1.82) is 0 Å². The average Bonchev–Trinajstić information content (AvgIpc) is 2.31. The van der Waals surface area contributed by atoms with Crippen LogP contribution in [0.3, 0.4) is 0 Å². The van der Waals surface area contributed by atoms with Gasteiger partial charge in [0.15, 0.2) is 0 Å². The third-order valence-electron chi connectivity index (χ3n) is 2.55. The molecule has 1 rings (SSSR count). The standard InChI is InChI=1S/C13H20N2O2/c1-4-5-10(14)13(16)15-11-7-6-9(2)8-12(11)17-3/h6-8,10H,4-5,14H2,1-3H3,(H,15,16). The van der Waals surface area contributed by atoms with Gasteiger partial charge in [-0.3, -0.25) is 4.79 Å². The summed E-state index contributed by atoms with van der Waals surface area (Å²) < 4.78 is 5.21. The quantitative estimate of drug-likeness (QED) is 0.822. The Kier molecular flexibility index (Phi) is 4.97. The fourth-order valence-electron chi connectivity index (χ4n) is 1.57. The molecule has 1 aromatic carbocycles. The van der Waals surface area contributed by atoms with E-state index in [1.165, 1.54) is 0 Å². The maximum Gasteiger partial charge on any atom is 0.241 e. The molecule has 17 heavy (non-hydrogen) atoms. The second-order valence-electron chi connectivity index (χ2n) is 4.09. The van der Waals surface area contributed by atoms with Crippen molar-refractivity contribution in [2.45, 2.75) is 32.7 Å². The molecule has 0 aliphatic rings. The van der Waals surface area contributed by atoms with Gasteiger partial charge in [-0.1, -0.05) is 19.4 Å². The summed E-state index contributed by atoms with van der Waals surface area (Å²) in [6.07, 6.45) is 1.57. The Bertz CT molecular complexity index is 391. The van der Waals surface area contributed by atoms with Gasteiger partial charge in [-0.15, -0.1) is 0 Å². The first-order valence-electron chi connectivity index (χ1n) is 5.79. The molecule has 0 heterocycles. The average molecular weight is 236 g/mol. The van der Waals surface area contributed by atoms with Crippen LogP contribution in [0.25, 0.3) is 0 Å². The normalized spacial score (nSPS) is 12.0. The van der Waals surface area contributed by atoms with Crippen molar-refractivity contribution in [1.82, 2.24) is 0 Å². The minimum atomic E-state index is -0.467. The van der Waals surface area contributed by atoms with E-state index in [1.807, 2.05) is 32.0 Å². The summed E-state index contributed by atoms with van der Waals surface area (Å²) in [5, 5.41) is 2.78. The predicted molar refractivity (Wildman–Crippen MR) is 69.2 cm³/mol. The van der Waals surface area contributed by atoms with Crippen molar-refractivity contribution in [2.24, 2.45) is 5.73 Å². The van der Waals surface area contributed by atoms with Crippen LogP contribution in [0.5, 0.6) is 5.75 Å². The molecule has 0 aliphatic heterocycles. The third kappa shape index (κ3) is 3.75. The highest BCUT2D eigenvalue weighted by Gasteiger charge is 2.14. The van der Waals surface area contributed by atoms with Gasteiger partial charge in [-0.2, -0.15) is 0 Å². The van der Waals surface area contributed by atoms with E-state index in [0.717, 1.165) is 12.0 Å². The van der Waals surface area contributed by atoms with Crippen molar-refractivity contribution in [3.05, 3.63) is 23.8 Å². The highest BCUT2D eigenvalue weighted by atomic mass is 16.5. The number of hydrogen-bond acceptors (Lipinski definition) is 3. The van der Waals surface area contributed by atoms with Gasteiger partial charge in [0.05, 0.1) is 18.8 Å². The Morgan fingerprint density at radius 3 is 2.82 bits per heavy atom. The van der Waals surface area contributed by atoms with Gasteiger partial charge < -0.3 is 15.8 Å². The largest absolute Gasteiger partial charge is 0.495 e. The number of hydrogen-bond donors (Lipinski definition) is 2. The number of ether oxygens (including phenoxy) is 1. The van der Waals surface area contributed by atoms with E-state index in [1.54, 1.807) is 7.11 Å². The third-order valence-corrected chi connectivity index (χ3v) is 2.55. The lowest BCUT2D eigenvalue weighted by Crippen LogP contribution is -2.35. The molecule has 94 valence electrons. The highest BCUT2D eigenvalue weighted by molar-refractivity contribution is 5.95. The molecule has 1 unspecified atom stereocenters. The predicted octanol–water partition coefficient (Wildman–Crippen LogP) is 2.07. The Morgan fingerprint density at radius 1 is 1.53 bits per heavy atom. The molecule has 0 radical (unpaired) electrons. The molecule has 3 N–H and O–H groups in total. The Labute approximate surface area is 102 Å². The van der Waals surface area contributed by atoms with E-state index >= 15 is 0 Å². The molecule has 0 saturated carbocycles. The molecule has 4 nitrogen and oxygen atoms in total. The van der Waals surface area contributed by atoms with E-state index in [-0.39, 0.29) is 5.91 Å². The first kappa shape index (κ1) is 13.5. The van der Waals surface area contributed by atoms with Gasteiger partial charge >= 0.3 is 0 Å². The first-order chi connectivity index (χ1) is 8.08. The molecule has 4 heteroatoms. The Balaban J connectivity index is 2.77. The van der Waals surface area contributed by atoms with E-state index in [2.05, 4.69) is 5.32 Å². The Hall–Kier alpha value is -1.55. The molecule has 1 atom stereocenters. The van der Waals surface area contributed by atoms with Gasteiger partial charge in [0.1, 0.15) is 5.75 Å². The lowest BCUT2D eigenvalue weighted by atomic mass is 10.1. The second kappa shape index (κ2) is 6.25. The van der Waals surface area contributed by atoms with E-state index in [0.29, 0.717) is 17.9 Å². The lowest BCUT2D eigenvalue weighted by Gasteiger charge is -2.14. The van der Waals surface area contributed by atoms with Crippen LogP contribution in [-0.2, 0) is 4.79 Å². The van der Waals surface area contributed by atoms with Gasteiger partial charge in [0, 0.05) is 0 Å². The molecule has 0 spiro atoms. The first-order valence-corrected chi connectivity index (χ1v) is 5.79. The smallest absolute Gasteiger partial charge is 0.241 e. The summed E-state index contributed by atoms with van der Waals surface area (Å²) >= 11 is 0. The maximum atomic E-state index is 11.8. The summed E-state index contributed by atoms with van der Waals surface area (Å²) in [5.41, 5.74) is 7.49. The number of nitrogens with one attached hydrogen (secondary N) is 1. The fraction of sp³-hybridized carbons (Fsp3) is 0.462. The Morgan fingerprint density at radius 2 is 2.24 bits per heavy atom. The van der Waals surface area contributed by atoms with Crippen LogP contribution in [0.15, 0.2) is 18.2 Å². The van der Waals surface area contributed by atoms with Gasteiger partial charge in [0.25, 0.3) is 0 Å². The van der Waals surface area contributed by atoms with Gasteiger partial charge in [0.2, 0.25) is 5.91 Å². The second-order valence-corrected chi connectivity index (χ2v) is 4.09. The van der Waals surface area contributed by atoms with Crippen molar-refractivity contribution in [3.8, 4) is 5.75 Å². The molecule has 0 aliphatic carbocycles. The summed E-state index contributed by atoms with van der Waals surface area (Å²) in [5.74, 6) is 0.482. The molecular formula is C13H20N2O2. The number of carbonyl (C=O) groups is 1. The molecule has 1 amide bonds. The number of carbonyl (C=O) groups excluding carboxylic acids is 1. The summed E-state index contributed by atoms with van der Waals surface area (Å²) in [6.45, 7) is 3.97. The van der Waals surface area contributed by atoms with Gasteiger partial charge in [-0.05, 0) is 31.0 Å². The van der Waals surface area contributed by atoms with Crippen molar-refractivity contribution < 1.29 is 9.53 Å². The zero-order chi connectivity index (χ0) is 12.8. The maximum absolute atomic E-state index is 11.8. The van der Waals surface area contributed by atoms with Crippen LogP contribution in [0.2, 0.25) is 0 Å². The molecular weight excluding hydrogens is 216 g/mol. The van der Waals surface area contributed by atoms with E-state index < -0.39 is 6.04 Å². The van der Waals surface area contributed by atoms with Crippen LogP contribution >= 0.6 is 0 Å². The van der Waals surface area contributed by atoms with Crippen molar-refractivity contribution in [2.75, 3.05) is 12.4 Å². The van der Waals surface area contributed by atoms with Crippen LogP contribution in [0.1, 0.15) is 25.3 Å². The monoisotopic (exact) mass is 236 g/mol. The van der Waals surface area contributed by atoms with Crippen LogP contribution < -0.4 is 15.8 Å². The summed E-state index contributed by atoms with van der Waals surface area (Å²) in [6, 6.07) is 5.15. The number of benzene rings is 1. The minimum Gasteiger partial charge on any atom is -0.495 e. The number of methoxy groups -OCH3 is 1. The lowest BCUT2D eigenvalue weighted by molar-refractivity contribution is -0.117. The summed E-state index contributed by atoms with van der Waals surface area (Å²) in [7, 11) is 1.58. The number of anilines is 1. The van der Waals surface area contributed by atoms with Crippen LogP contribution in [0, 0.1) is 6.92 Å². The molecule has 0 aromatic heterocycles. The molecule has 0 fully saturated rings. The number of aryl methyl sites for hydroxylation is 1. The van der Waals surface area contributed by atoms with Gasteiger partial charge in [-0.25, -0.2) is 0 Å². The number of rotatable bonds is 5. The molecule has 1 aromatic rings. The van der Waals surface area contributed by atoms with Crippen LogP contribution in [-0.4, -0.2) is 19.1 Å². The van der Waals surface area contributed by atoms with E-state index in [9.17, 15) is 4.79 Å². The molecule has 0 bridgehead atoms. The zero-order valence-corrected chi connectivity index (χ0v) is 10.6. The fourth-order valence-corrected chi connectivity index (χ4v) is 1.57. The number of amides is 1. The molecule has 0 saturated heterocycles. The SMILES string of the molecule is CCCC(N)C(=O)Nc1ccc(C)cc1OC. The topological polar surface area (TPSA) is 64.4 Å². The highest BCUT2D eigenvalue weighted by Crippen LogP contribution is 2.25. The summed E-state index contributed by atoms with van der Waals surface area (Å²) in [4.78, 5) is 11.8. The zero-order valence-electron chi connectivity index (χ0n) is 10.6. The van der Waals surface area contributed by atoms with E-state index in [4.69, 9.17) is 10.5 Å². The van der Waals surface area contributed by atoms with Crippen LogP contribution in [0.4, 0.5) is 5.69 Å². The van der Waals surface area contributed by atoms with Crippen molar-refractivity contribution in [3.63, 3.8) is 0 Å². The van der Waals surface area contributed by atoms with Crippen molar-refractivity contribution >= 4 is 11.6 Å².